The molecule has 0 spiro atoms. The second-order valence-corrected chi connectivity index (χ2v) is 5.98. The maximum absolute atomic E-state index is 5.73. The quantitative estimate of drug-likeness (QED) is 0.926. The minimum Gasteiger partial charge on any atom is -0.330 e. The Hall–Kier alpha value is -0.380. The van der Waals surface area contributed by atoms with Crippen LogP contribution in [-0.4, -0.2) is 30.6 Å². The first-order valence-corrected chi connectivity index (χ1v) is 7.17. The Labute approximate surface area is 112 Å². The molecule has 1 aliphatic heterocycles. The van der Waals surface area contributed by atoms with E-state index in [1.54, 1.807) is 0 Å². The molecule has 2 N–H and O–H groups in total. The maximum atomic E-state index is 5.73. The number of benzene rings is 1. The van der Waals surface area contributed by atoms with Crippen molar-refractivity contribution in [3.63, 3.8) is 0 Å². The van der Waals surface area contributed by atoms with Crippen molar-refractivity contribution in [2.24, 2.45) is 11.7 Å². The summed E-state index contributed by atoms with van der Waals surface area (Å²) in [5.74, 6) is 0.711. The van der Waals surface area contributed by atoms with Gasteiger partial charge in [0.25, 0.3) is 0 Å². The van der Waals surface area contributed by atoms with E-state index in [0.29, 0.717) is 12.0 Å². The molecule has 1 fully saturated rings. The van der Waals surface area contributed by atoms with Crippen LogP contribution in [0.15, 0.2) is 28.7 Å². The zero-order valence-corrected chi connectivity index (χ0v) is 12.0. The third-order valence-corrected chi connectivity index (χ3v) is 4.25. The standard InChI is InChI=1S/C14H21BrN2/c1-11(17-7-6-13(9-16)10-17)8-12-2-4-14(15)5-3-12/h2-5,11,13H,6-10,16H2,1H3. The number of rotatable bonds is 4. The van der Waals surface area contributed by atoms with Gasteiger partial charge in [0.15, 0.2) is 0 Å². The number of nitrogens with two attached hydrogens (primary N) is 1. The van der Waals surface area contributed by atoms with Gasteiger partial charge < -0.3 is 5.73 Å². The molecule has 1 aromatic carbocycles. The smallest absolute Gasteiger partial charge is 0.0175 e. The molecule has 2 rings (SSSR count). The zero-order valence-electron chi connectivity index (χ0n) is 10.4. The van der Waals surface area contributed by atoms with Gasteiger partial charge in [-0.2, -0.15) is 0 Å². The third kappa shape index (κ3) is 3.54. The van der Waals surface area contributed by atoms with Gasteiger partial charge in [0, 0.05) is 17.1 Å². The summed E-state index contributed by atoms with van der Waals surface area (Å²) in [6.07, 6.45) is 2.39. The van der Waals surface area contributed by atoms with Gasteiger partial charge >= 0.3 is 0 Å². The SMILES string of the molecule is CC(Cc1ccc(Br)cc1)N1CCC(CN)C1. The number of hydrogen-bond donors (Lipinski definition) is 1. The topological polar surface area (TPSA) is 29.3 Å². The Morgan fingerprint density at radius 3 is 2.71 bits per heavy atom. The van der Waals surface area contributed by atoms with Crippen LogP contribution in [0.3, 0.4) is 0 Å². The van der Waals surface area contributed by atoms with E-state index in [2.05, 4.69) is 52.0 Å². The van der Waals surface area contributed by atoms with Crippen LogP contribution in [0.5, 0.6) is 0 Å². The highest BCUT2D eigenvalue weighted by Gasteiger charge is 2.24. The first kappa shape index (κ1) is 13.1. The Kier molecular flexibility index (Phi) is 4.60. The molecule has 0 amide bonds. The lowest BCUT2D eigenvalue weighted by atomic mass is 10.1. The van der Waals surface area contributed by atoms with E-state index >= 15 is 0 Å². The van der Waals surface area contributed by atoms with Crippen molar-refractivity contribution >= 4 is 15.9 Å². The number of hydrogen-bond acceptors (Lipinski definition) is 2. The Balaban J connectivity index is 1.89. The Morgan fingerprint density at radius 1 is 1.41 bits per heavy atom. The van der Waals surface area contributed by atoms with Gasteiger partial charge in [-0.25, -0.2) is 0 Å². The molecule has 3 heteroatoms. The summed E-state index contributed by atoms with van der Waals surface area (Å²) in [5.41, 5.74) is 7.15. The monoisotopic (exact) mass is 296 g/mol. The van der Waals surface area contributed by atoms with Crippen LogP contribution < -0.4 is 5.73 Å². The molecule has 2 nitrogen and oxygen atoms in total. The van der Waals surface area contributed by atoms with Crippen molar-refractivity contribution in [1.82, 2.24) is 4.90 Å². The van der Waals surface area contributed by atoms with Crippen molar-refractivity contribution in [3.05, 3.63) is 34.3 Å². The van der Waals surface area contributed by atoms with Gasteiger partial charge in [0.05, 0.1) is 0 Å². The van der Waals surface area contributed by atoms with Crippen molar-refractivity contribution in [1.29, 1.82) is 0 Å². The molecule has 1 saturated heterocycles. The van der Waals surface area contributed by atoms with Gasteiger partial charge in [-0.1, -0.05) is 28.1 Å². The van der Waals surface area contributed by atoms with Crippen molar-refractivity contribution in [2.75, 3.05) is 19.6 Å². The molecule has 1 aliphatic rings. The lowest BCUT2D eigenvalue weighted by molar-refractivity contribution is 0.248. The fourth-order valence-corrected chi connectivity index (χ4v) is 2.81. The molecule has 0 aromatic heterocycles. The molecule has 2 atom stereocenters. The minimum atomic E-state index is 0.618. The summed E-state index contributed by atoms with van der Waals surface area (Å²) in [4.78, 5) is 2.57. The molecule has 2 unspecified atom stereocenters. The van der Waals surface area contributed by atoms with Crippen molar-refractivity contribution < 1.29 is 0 Å². The van der Waals surface area contributed by atoms with E-state index in [9.17, 15) is 0 Å². The molecule has 94 valence electrons. The van der Waals surface area contributed by atoms with E-state index in [0.717, 1.165) is 17.4 Å². The number of likely N-dealkylation sites (tertiary alicyclic amines) is 1. The Bertz CT molecular complexity index is 350. The third-order valence-electron chi connectivity index (χ3n) is 3.72. The Morgan fingerprint density at radius 2 is 2.12 bits per heavy atom. The van der Waals surface area contributed by atoms with E-state index in [-0.39, 0.29) is 0 Å². The minimum absolute atomic E-state index is 0.618. The van der Waals surface area contributed by atoms with Crippen LogP contribution in [0.25, 0.3) is 0 Å². The fraction of sp³-hybridized carbons (Fsp3) is 0.571. The summed E-state index contributed by atoms with van der Waals surface area (Å²) >= 11 is 3.47. The van der Waals surface area contributed by atoms with Crippen LogP contribution in [0, 0.1) is 5.92 Å². The van der Waals surface area contributed by atoms with Crippen LogP contribution >= 0.6 is 15.9 Å². The second kappa shape index (κ2) is 5.98. The molecule has 0 saturated carbocycles. The van der Waals surface area contributed by atoms with E-state index in [1.807, 2.05) is 0 Å². The van der Waals surface area contributed by atoms with Crippen LogP contribution in [0.1, 0.15) is 18.9 Å². The molecular formula is C14H21BrN2. The molecule has 0 radical (unpaired) electrons. The molecule has 0 bridgehead atoms. The van der Waals surface area contributed by atoms with E-state index in [4.69, 9.17) is 5.73 Å². The fourth-order valence-electron chi connectivity index (χ4n) is 2.55. The van der Waals surface area contributed by atoms with E-state index in [1.165, 1.54) is 25.1 Å². The summed E-state index contributed by atoms with van der Waals surface area (Å²) < 4.78 is 1.15. The van der Waals surface area contributed by atoms with Gasteiger partial charge in [-0.15, -0.1) is 0 Å². The van der Waals surface area contributed by atoms with Crippen molar-refractivity contribution in [3.8, 4) is 0 Å². The number of nitrogens with zero attached hydrogens (tertiary/aromatic N) is 1. The average molecular weight is 297 g/mol. The summed E-state index contributed by atoms with van der Waals surface area (Å²) in [7, 11) is 0. The highest BCUT2D eigenvalue weighted by Crippen LogP contribution is 2.20. The van der Waals surface area contributed by atoms with Crippen LogP contribution in [0.2, 0.25) is 0 Å². The summed E-state index contributed by atoms with van der Waals surface area (Å²) in [5, 5.41) is 0. The van der Waals surface area contributed by atoms with Gasteiger partial charge in [-0.05, 0) is 56.5 Å². The molecule has 1 aromatic rings. The van der Waals surface area contributed by atoms with E-state index < -0.39 is 0 Å². The highest BCUT2D eigenvalue weighted by atomic mass is 79.9. The maximum Gasteiger partial charge on any atom is 0.0175 e. The molecule has 0 aliphatic carbocycles. The lowest BCUT2D eigenvalue weighted by Gasteiger charge is -2.24. The molecule has 17 heavy (non-hydrogen) atoms. The van der Waals surface area contributed by atoms with Gasteiger partial charge in [0.1, 0.15) is 0 Å². The highest BCUT2D eigenvalue weighted by molar-refractivity contribution is 9.10. The molecular weight excluding hydrogens is 276 g/mol. The summed E-state index contributed by atoms with van der Waals surface area (Å²) in [6, 6.07) is 9.27. The van der Waals surface area contributed by atoms with Crippen LogP contribution in [0.4, 0.5) is 0 Å². The first-order chi connectivity index (χ1) is 8.19. The van der Waals surface area contributed by atoms with Gasteiger partial charge in [0.2, 0.25) is 0 Å². The average Bonchev–Trinajstić information content (AvgIpc) is 2.81. The van der Waals surface area contributed by atoms with Crippen LogP contribution in [-0.2, 0) is 6.42 Å². The summed E-state index contributed by atoms with van der Waals surface area (Å²) in [6.45, 7) is 5.54. The predicted molar refractivity (Wildman–Crippen MR) is 76.0 cm³/mol. The normalized spacial score (nSPS) is 22.9. The number of halogens is 1. The first-order valence-electron chi connectivity index (χ1n) is 6.37. The zero-order chi connectivity index (χ0) is 12.3. The largest absolute Gasteiger partial charge is 0.330 e. The lowest BCUT2D eigenvalue weighted by Crippen LogP contribution is -2.33. The molecule has 1 heterocycles. The van der Waals surface area contributed by atoms with Gasteiger partial charge in [-0.3, -0.25) is 4.90 Å². The second-order valence-electron chi connectivity index (χ2n) is 5.06. The van der Waals surface area contributed by atoms with Crippen molar-refractivity contribution in [2.45, 2.75) is 25.8 Å². The predicted octanol–water partition coefficient (Wildman–Crippen LogP) is 2.66.